The number of alkyl halides is 2. The molecule has 0 fully saturated rings. The molecule has 2 amide bonds. The van der Waals surface area contributed by atoms with E-state index in [9.17, 15) is 18.7 Å². The minimum Gasteiger partial charge on any atom is -0.384 e. The predicted octanol–water partition coefficient (Wildman–Crippen LogP) is 2.09. The highest BCUT2D eigenvalue weighted by Crippen LogP contribution is 2.21. The highest BCUT2D eigenvalue weighted by atomic mass is 32.1. The number of nitrogens with zero attached hydrogens (tertiary/aromatic N) is 2. The van der Waals surface area contributed by atoms with E-state index >= 15 is 0 Å². The molecule has 23 heavy (non-hydrogen) atoms. The number of amides is 2. The molecule has 0 aliphatic rings. The van der Waals surface area contributed by atoms with Crippen molar-refractivity contribution in [3.63, 3.8) is 0 Å². The Morgan fingerprint density at radius 2 is 2.30 bits per heavy atom. The number of hydrogen-bond acceptors (Lipinski definition) is 4. The van der Waals surface area contributed by atoms with Crippen LogP contribution in [0.5, 0.6) is 0 Å². The molecule has 2 aromatic heterocycles. The highest BCUT2D eigenvalue weighted by molar-refractivity contribution is 7.08. The summed E-state index contributed by atoms with van der Waals surface area (Å²) in [6.45, 7) is -0.839. The average molecular weight is 344 g/mol. The summed E-state index contributed by atoms with van der Waals surface area (Å²) in [5.41, 5.74) is -0.440. The van der Waals surface area contributed by atoms with Crippen LogP contribution in [0.2, 0.25) is 0 Å². The summed E-state index contributed by atoms with van der Waals surface area (Å²) in [4.78, 5) is 15.5. The summed E-state index contributed by atoms with van der Waals surface area (Å²) in [6, 6.07) is 1.31. The van der Waals surface area contributed by atoms with E-state index in [4.69, 9.17) is 0 Å². The minimum absolute atomic E-state index is 0.0429. The third kappa shape index (κ3) is 4.73. The van der Waals surface area contributed by atoms with E-state index in [1.54, 1.807) is 13.0 Å². The number of urea groups is 1. The maximum Gasteiger partial charge on any atom is 0.319 e. The maximum atomic E-state index is 12.6. The third-order valence-corrected chi connectivity index (χ3v) is 4.01. The van der Waals surface area contributed by atoms with Crippen molar-refractivity contribution in [1.82, 2.24) is 20.2 Å². The van der Waals surface area contributed by atoms with E-state index < -0.39 is 18.2 Å². The second kappa shape index (κ2) is 7.51. The zero-order chi connectivity index (χ0) is 16.9. The summed E-state index contributed by atoms with van der Waals surface area (Å²) in [5.74, 6) is 0.200. The number of nitrogens with one attached hydrogen (secondary N) is 2. The zero-order valence-electron chi connectivity index (χ0n) is 12.5. The highest BCUT2D eigenvalue weighted by Gasteiger charge is 2.24. The Labute approximate surface area is 136 Å². The molecule has 0 radical (unpaired) electrons. The van der Waals surface area contributed by atoms with Gasteiger partial charge in [-0.1, -0.05) is 0 Å². The van der Waals surface area contributed by atoms with Gasteiger partial charge in [-0.25, -0.2) is 9.78 Å². The molecule has 0 aliphatic carbocycles. The van der Waals surface area contributed by atoms with Gasteiger partial charge in [-0.15, -0.1) is 0 Å². The van der Waals surface area contributed by atoms with Crippen molar-refractivity contribution in [2.24, 2.45) is 0 Å². The van der Waals surface area contributed by atoms with Crippen LogP contribution in [-0.2, 0) is 12.0 Å². The lowest BCUT2D eigenvalue weighted by Gasteiger charge is -2.22. The molecule has 9 heteroatoms. The summed E-state index contributed by atoms with van der Waals surface area (Å²) in [6.07, 6.45) is 2.67. The Morgan fingerprint density at radius 1 is 1.52 bits per heavy atom. The number of carbonyl (C=O) groups excluding carboxylic acids is 1. The van der Waals surface area contributed by atoms with Crippen LogP contribution in [0.4, 0.5) is 13.6 Å². The Hall–Kier alpha value is -2.00. The van der Waals surface area contributed by atoms with Crippen LogP contribution >= 0.6 is 11.3 Å². The second-order valence-corrected chi connectivity index (χ2v) is 5.95. The van der Waals surface area contributed by atoms with Gasteiger partial charge in [-0.3, -0.25) is 4.57 Å². The molecule has 0 aliphatic heterocycles. The average Bonchev–Trinajstić information content (AvgIpc) is 3.16. The van der Waals surface area contributed by atoms with Gasteiger partial charge in [0.05, 0.1) is 6.54 Å². The molecule has 126 valence electrons. The number of imidazole rings is 1. The number of halogens is 2. The predicted molar refractivity (Wildman–Crippen MR) is 82.5 cm³/mol. The van der Waals surface area contributed by atoms with E-state index in [1.165, 1.54) is 23.7 Å². The van der Waals surface area contributed by atoms with Crippen molar-refractivity contribution < 1.29 is 18.7 Å². The molecule has 6 nitrogen and oxygen atoms in total. The van der Waals surface area contributed by atoms with Crippen molar-refractivity contribution in [1.29, 1.82) is 0 Å². The number of thiophene rings is 1. The summed E-state index contributed by atoms with van der Waals surface area (Å²) < 4.78 is 26.0. The van der Waals surface area contributed by atoms with Gasteiger partial charge in [0.25, 0.3) is 0 Å². The number of aromatic nitrogens is 2. The van der Waals surface area contributed by atoms with E-state index in [-0.39, 0.29) is 25.3 Å². The molecule has 0 bridgehead atoms. The monoisotopic (exact) mass is 344 g/mol. The summed E-state index contributed by atoms with van der Waals surface area (Å²) in [7, 11) is 0. The molecule has 0 saturated heterocycles. The molecular weight excluding hydrogens is 326 g/mol. The fourth-order valence-electron chi connectivity index (χ4n) is 1.99. The molecule has 1 atom stereocenters. The van der Waals surface area contributed by atoms with Gasteiger partial charge in [-0.2, -0.15) is 20.1 Å². The van der Waals surface area contributed by atoms with E-state index in [2.05, 4.69) is 15.6 Å². The van der Waals surface area contributed by atoms with Crippen LogP contribution in [0.3, 0.4) is 0 Å². The standard InChI is InChI=1S/C14H18F2N4O2S/c1-14(22,10-3-7-23-8-10)9-19-13(21)18-4-2-11-17-5-6-20(11)12(15)16/h3,5-8,12,22H,2,4,9H2,1H3,(H2,18,19,21)/t14-/m1/s1. The van der Waals surface area contributed by atoms with Crippen LogP contribution in [0, 0.1) is 0 Å². The van der Waals surface area contributed by atoms with E-state index in [1.807, 2.05) is 10.8 Å². The SMILES string of the molecule is C[C@@](O)(CNC(=O)NCCc1nccn1C(F)F)c1ccsc1. The Bertz CT molecular complexity index is 629. The largest absolute Gasteiger partial charge is 0.384 e. The van der Waals surface area contributed by atoms with Crippen LogP contribution in [-0.4, -0.2) is 33.8 Å². The van der Waals surface area contributed by atoms with E-state index in [0.29, 0.717) is 0 Å². The Kier molecular flexibility index (Phi) is 5.67. The van der Waals surface area contributed by atoms with Crippen LogP contribution in [0.1, 0.15) is 24.9 Å². The first-order valence-corrected chi connectivity index (χ1v) is 7.91. The fourth-order valence-corrected chi connectivity index (χ4v) is 2.77. The van der Waals surface area contributed by atoms with Crippen LogP contribution < -0.4 is 10.6 Å². The van der Waals surface area contributed by atoms with Crippen LogP contribution in [0.25, 0.3) is 0 Å². The fraction of sp³-hybridized carbons (Fsp3) is 0.429. The van der Waals surface area contributed by atoms with Gasteiger partial charge in [0.15, 0.2) is 0 Å². The van der Waals surface area contributed by atoms with Crippen molar-refractivity contribution in [2.75, 3.05) is 13.1 Å². The lowest BCUT2D eigenvalue weighted by molar-refractivity contribution is 0.0597. The Morgan fingerprint density at radius 3 is 2.96 bits per heavy atom. The van der Waals surface area contributed by atoms with Gasteiger partial charge < -0.3 is 15.7 Å². The molecular formula is C14H18F2N4O2S. The van der Waals surface area contributed by atoms with Crippen molar-refractivity contribution in [3.8, 4) is 0 Å². The molecule has 0 spiro atoms. The first kappa shape index (κ1) is 17.4. The normalized spacial score (nSPS) is 13.8. The lowest BCUT2D eigenvalue weighted by Crippen LogP contribution is -2.43. The van der Waals surface area contributed by atoms with Crippen molar-refractivity contribution in [2.45, 2.75) is 25.5 Å². The Balaban J connectivity index is 1.74. The molecule has 0 unspecified atom stereocenters. The summed E-state index contributed by atoms with van der Waals surface area (Å²) >= 11 is 1.46. The summed E-state index contributed by atoms with van der Waals surface area (Å²) in [5, 5.41) is 19.0. The molecule has 0 saturated carbocycles. The topological polar surface area (TPSA) is 79.2 Å². The van der Waals surface area contributed by atoms with Gasteiger partial charge in [0.2, 0.25) is 0 Å². The van der Waals surface area contributed by atoms with Gasteiger partial charge in [0.1, 0.15) is 11.4 Å². The first-order chi connectivity index (χ1) is 10.9. The number of hydrogen-bond donors (Lipinski definition) is 3. The third-order valence-electron chi connectivity index (χ3n) is 3.33. The molecule has 3 N–H and O–H groups in total. The minimum atomic E-state index is -2.65. The number of carbonyl (C=O) groups is 1. The quantitative estimate of drug-likeness (QED) is 0.720. The number of aliphatic hydroxyl groups is 1. The van der Waals surface area contributed by atoms with E-state index in [0.717, 1.165) is 10.1 Å². The zero-order valence-corrected chi connectivity index (χ0v) is 13.3. The number of rotatable bonds is 7. The molecule has 2 rings (SSSR count). The van der Waals surface area contributed by atoms with Gasteiger partial charge >= 0.3 is 12.6 Å². The van der Waals surface area contributed by atoms with Crippen molar-refractivity contribution in [3.05, 3.63) is 40.6 Å². The van der Waals surface area contributed by atoms with Gasteiger partial charge in [0, 0.05) is 25.4 Å². The lowest BCUT2D eigenvalue weighted by atomic mass is 9.99. The van der Waals surface area contributed by atoms with Crippen LogP contribution in [0.15, 0.2) is 29.2 Å². The first-order valence-electron chi connectivity index (χ1n) is 6.97. The molecule has 2 aromatic rings. The molecule has 0 aromatic carbocycles. The van der Waals surface area contributed by atoms with Gasteiger partial charge in [-0.05, 0) is 29.3 Å². The molecule has 2 heterocycles. The maximum absolute atomic E-state index is 12.6. The van der Waals surface area contributed by atoms with Crippen molar-refractivity contribution >= 4 is 17.4 Å². The second-order valence-electron chi connectivity index (χ2n) is 5.17. The smallest absolute Gasteiger partial charge is 0.319 e.